The van der Waals surface area contributed by atoms with E-state index in [1.165, 1.54) is 11.1 Å². The first kappa shape index (κ1) is 21.6. The second-order valence-electron chi connectivity index (χ2n) is 7.73. The van der Waals surface area contributed by atoms with Gasteiger partial charge in [-0.15, -0.1) is 0 Å². The highest BCUT2D eigenvalue weighted by Crippen LogP contribution is 2.33. The third kappa shape index (κ3) is 4.90. The molecule has 2 aromatic rings. The van der Waals surface area contributed by atoms with Gasteiger partial charge < -0.3 is 24.8 Å². The van der Waals surface area contributed by atoms with Crippen LogP contribution in [0.3, 0.4) is 0 Å². The molecular formula is C23H31NO5. The van der Waals surface area contributed by atoms with Gasteiger partial charge in [0.2, 0.25) is 0 Å². The van der Waals surface area contributed by atoms with Crippen molar-refractivity contribution in [3.8, 4) is 11.5 Å². The minimum absolute atomic E-state index is 0.0261. The van der Waals surface area contributed by atoms with Crippen molar-refractivity contribution in [1.29, 1.82) is 0 Å². The molecule has 3 rings (SSSR count). The summed E-state index contributed by atoms with van der Waals surface area (Å²) >= 11 is 0. The van der Waals surface area contributed by atoms with Gasteiger partial charge in [0.15, 0.2) is 11.5 Å². The number of ether oxygens (including phenoxy) is 2. The first-order chi connectivity index (χ1) is 14.0. The zero-order valence-corrected chi connectivity index (χ0v) is 17.3. The highest BCUT2D eigenvalue weighted by Gasteiger charge is 2.27. The van der Waals surface area contributed by atoms with Crippen LogP contribution >= 0.6 is 0 Å². The fourth-order valence-electron chi connectivity index (χ4n) is 3.86. The Balaban J connectivity index is 1.64. The molecule has 1 aliphatic heterocycles. The number of rotatable bonds is 8. The molecular weight excluding hydrogens is 370 g/mol. The van der Waals surface area contributed by atoms with E-state index in [0.29, 0.717) is 12.3 Å². The third-order valence-electron chi connectivity index (χ3n) is 5.85. The number of nitrogens with zero attached hydrogens (tertiary/aromatic N) is 1. The van der Waals surface area contributed by atoms with Crippen LogP contribution in [-0.4, -0.2) is 53.6 Å². The lowest BCUT2D eigenvalue weighted by molar-refractivity contribution is -0.000546. The van der Waals surface area contributed by atoms with E-state index in [1.807, 2.05) is 19.1 Å². The van der Waals surface area contributed by atoms with Gasteiger partial charge in [-0.3, -0.25) is 4.90 Å². The highest BCUT2D eigenvalue weighted by molar-refractivity contribution is 5.48. The van der Waals surface area contributed by atoms with Crippen molar-refractivity contribution in [1.82, 2.24) is 4.90 Å². The second-order valence-corrected chi connectivity index (χ2v) is 7.73. The molecule has 0 amide bonds. The zero-order chi connectivity index (χ0) is 21.0. The minimum atomic E-state index is -0.765. The van der Waals surface area contributed by atoms with Crippen molar-refractivity contribution < 1.29 is 24.8 Å². The first-order valence-electron chi connectivity index (χ1n) is 9.98. The van der Waals surface area contributed by atoms with Gasteiger partial charge in [0.05, 0.1) is 33.0 Å². The number of hydrogen-bond donors (Lipinski definition) is 3. The monoisotopic (exact) mass is 401 g/mol. The number of fused-ring (bicyclic) bond motifs is 1. The average molecular weight is 402 g/mol. The molecule has 0 aromatic heterocycles. The van der Waals surface area contributed by atoms with Crippen molar-refractivity contribution in [2.75, 3.05) is 27.3 Å². The standard InChI is InChI=1S/C23H31NO5/c1-15(23(27)17-6-4-16(14-25)5-7-17)20(26)13-24-9-8-18-10-21(28-2)22(29-3)11-19(18)12-24/h4-7,10-11,15,20,23,25-27H,8-9,12-14H2,1-3H3/t15-,20+,23+/m0/s1. The van der Waals surface area contributed by atoms with Gasteiger partial charge in [0.1, 0.15) is 0 Å². The van der Waals surface area contributed by atoms with Gasteiger partial charge in [0.25, 0.3) is 0 Å². The molecule has 158 valence electrons. The Bertz CT molecular complexity index is 808. The van der Waals surface area contributed by atoms with Crippen molar-refractivity contribution in [2.45, 2.75) is 38.7 Å². The van der Waals surface area contributed by atoms with E-state index in [1.54, 1.807) is 38.5 Å². The van der Waals surface area contributed by atoms with Crippen LogP contribution in [0, 0.1) is 5.92 Å². The van der Waals surface area contributed by atoms with Gasteiger partial charge in [-0.1, -0.05) is 31.2 Å². The molecule has 6 heteroatoms. The van der Waals surface area contributed by atoms with Crippen molar-refractivity contribution >= 4 is 0 Å². The predicted octanol–water partition coefficient (Wildman–Crippen LogP) is 2.28. The Kier molecular flexibility index (Phi) is 7.14. The maximum Gasteiger partial charge on any atom is 0.161 e. The molecule has 2 aromatic carbocycles. The molecule has 0 radical (unpaired) electrons. The number of aliphatic hydroxyl groups excluding tert-OH is 3. The van der Waals surface area contributed by atoms with Gasteiger partial charge >= 0.3 is 0 Å². The molecule has 3 atom stereocenters. The third-order valence-corrected chi connectivity index (χ3v) is 5.85. The molecule has 0 saturated carbocycles. The van der Waals surface area contributed by atoms with Crippen molar-refractivity contribution in [2.24, 2.45) is 5.92 Å². The Morgan fingerprint density at radius 3 is 2.21 bits per heavy atom. The van der Waals surface area contributed by atoms with Gasteiger partial charge in [-0.25, -0.2) is 0 Å². The molecule has 3 N–H and O–H groups in total. The molecule has 1 aliphatic rings. The zero-order valence-electron chi connectivity index (χ0n) is 17.3. The van der Waals surface area contributed by atoms with Crippen LogP contribution in [0.25, 0.3) is 0 Å². The number of benzene rings is 2. The van der Waals surface area contributed by atoms with E-state index >= 15 is 0 Å². The van der Waals surface area contributed by atoms with Crippen LogP contribution in [0.1, 0.15) is 35.3 Å². The molecule has 6 nitrogen and oxygen atoms in total. The Morgan fingerprint density at radius 2 is 1.62 bits per heavy atom. The lowest BCUT2D eigenvalue weighted by Gasteiger charge is -2.33. The van der Waals surface area contributed by atoms with Gasteiger partial charge in [-0.2, -0.15) is 0 Å². The largest absolute Gasteiger partial charge is 0.493 e. The number of methoxy groups -OCH3 is 2. The predicted molar refractivity (Wildman–Crippen MR) is 111 cm³/mol. The maximum atomic E-state index is 10.7. The topological polar surface area (TPSA) is 82.4 Å². The SMILES string of the molecule is COc1cc2c(cc1OC)CN(C[C@@H](O)[C@H](C)[C@@H](O)c1ccc(CO)cc1)CC2. The van der Waals surface area contributed by atoms with E-state index in [2.05, 4.69) is 4.90 Å². The van der Waals surface area contributed by atoms with E-state index < -0.39 is 12.2 Å². The summed E-state index contributed by atoms with van der Waals surface area (Å²) in [6.07, 6.45) is -0.550. The molecule has 0 aliphatic carbocycles. The summed E-state index contributed by atoms with van der Waals surface area (Å²) in [4.78, 5) is 2.21. The van der Waals surface area contributed by atoms with Gasteiger partial charge in [-0.05, 0) is 40.8 Å². The first-order valence-corrected chi connectivity index (χ1v) is 9.98. The summed E-state index contributed by atoms with van der Waals surface area (Å²) in [5.41, 5.74) is 3.96. The lowest BCUT2D eigenvalue weighted by Crippen LogP contribution is -2.40. The van der Waals surface area contributed by atoms with E-state index in [9.17, 15) is 10.2 Å². The Labute approximate surface area is 172 Å². The minimum Gasteiger partial charge on any atom is -0.493 e. The number of aliphatic hydroxyl groups is 3. The Morgan fingerprint density at radius 1 is 1.00 bits per heavy atom. The molecule has 1 heterocycles. The average Bonchev–Trinajstić information content (AvgIpc) is 2.76. The fourth-order valence-corrected chi connectivity index (χ4v) is 3.86. The van der Waals surface area contributed by atoms with Crippen LogP contribution in [0.4, 0.5) is 0 Å². The smallest absolute Gasteiger partial charge is 0.161 e. The van der Waals surface area contributed by atoms with Crippen LogP contribution in [-0.2, 0) is 19.6 Å². The van der Waals surface area contributed by atoms with Crippen molar-refractivity contribution in [3.63, 3.8) is 0 Å². The maximum absolute atomic E-state index is 10.7. The second kappa shape index (κ2) is 9.59. The summed E-state index contributed by atoms with van der Waals surface area (Å²) in [6.45, 7) is 3.89. The molecule has 0 saturated heterocycles. The highest BCUT2D eigenvalue weighted by atomic mass is 16.5. The van der Waals surface area contributed by atoms with E-state index in [4.69, 9.17) is 14.6 Å². The van der Waals surface area contributed by atoms with Crippen LogP contribution in [0.5, 0.6) is 11.5 Å². The summed E-state index contributed by atoms with van der Waals surface area (Å²) in [7, 11) is 3.27. The molecule has 0 fully saturated rings. The molecule has 0 unspecified atom stereocenters. The fraction of sp³-hybridized carbons (Fsp3) is 0.478. The van der Waals surface area contributed by atoms with Crippen LogP contribution in [0.2, 0.25) is 0 Å². The van der Waals surface area contributed by atoms with Crippen LogP contribution in [0.15, 0.2) is 36.4 Å². The van der Waals surface area contributed by atoms with E-state index in [-0.39, 0.29) is 12.5 Å². The van der Waals surface area contributed by atoms with E-state index in [0.717, 1.165) is 36.4 Å². The number of β-amino-alcohol motifs (C(OH)–C–C–N with tert-alkyl or cyclic N) is 1. The van der Waals surface area contributed by atoms with Crippen molar-refractivity contribution in [3.05, 3.63) is 58.7 Å². The lowest BCUT2D eigenvalue weighted by atomic mass is 9.91. The summed E-state index contributed by atoms with van der Waals surface area (Å²) in [5.74, 6) is 1.13. The van der Waals surface area contributed by atoms with Crippen LogP contribution < -0.4 is 9.47 Å². The summed E-state index contributed by atoms with van der Waals surface area (Å²) in [6, 6.07) is 11.2. The summed E-state index contributed by atoms with van der Waals surface area (Å²) < 4.78 is 10.8. The quantitative estimate of drug-likeness (QED) is 0.630. The Hall–Kier alpha value is -2.12. The van der Waals surface area contributed by atoms with Gasteiger partial charge in [0, 0.05) is 25.6 Å². The summed E-state index contributed by atoms with van der Waals surface area (Å²) in [5, 5.41) is 30.6. The molecule has 0 bridgehead atoms. The molecule has 0 spiro atoms. The molecule has 29 heavy (non-hydrogen) atoms. The number of hydrogen-bond acceptors (Lipinski definition) is 6. The normalized spacial score (nSPS) is 17.3.